The van der Waals surface area contributed by atoms with E-state index in [-0.39, 0.29) is 6.61 Å². The summed E-state index contributed by atoms with van der Waals surface area (Å²) in [5.74, 6) is -0.100. The lowest BCUT2D eigenvalue weighted by Crippen LogP contribution is -2.01. The van der Waals surface area contributed by atoms with Crippen molar-refractivity contribution in [2.75, 3.05) is 7.11 Å². The average Bonchev–Trinajstić information content (AvgIpc) is 2.43. The average molecular weight is 279 g/mol. The van der Waals surface area contributed by atoms with Crippen molar-refractivity contribution >= 4 is 0 Å². The molecule has 3 nitrogen and oxygen atoms in total. The van der Waals surface area contributed by atoms with Gasteiger partial charge in [0.2, 0.25) is 0 Å². The van der Waals surface area contributed by atoms with Crippen LogP contribution in [0.2, 0.25) is 0 Å². The van der Waals surface area contributed by atoms with Crippen molar-refractivity contribution in [1.29, 1.82) is 0 Å². The highest BCUT2D eigenvalue weighted by Gasteiger charge is 2.04. The van der Waals surface area contributed by atoms with Gasteiger partial charge in [-0.2, -0.15) is 0 Å². The van der Waals surface area contributed by atoms with Crippen LogP contribution in [0.1, 0.15) is 11.1 Å². The molecule has 0 spiro atoms. The van der Waals surface area contributed by atoms with E-state index in [0.29, 0.717) is 23.6 Å². The topological polar surface area (TPSA) is 44.5 Å². The highest BCUT2D eigenvalue weighted by atomic mass is 19.1. The molecule has 106 valence electrons. The maximum Gasteiger partial charge on any atom is 0.126 e. The first-order chi connectivity index (χ1) is 9.60. The van der Waals surface area contributed by atoms with Crippen LogP contribution < -0.4 is 15.2 Å². The highest BCUT2D eigenvalue weighted by Crippen LogP contribution is 2.23. The number of rotatable bonds is 5. The van der Waals surface area contributed by atoms with Crippen LogP contribution in [0.5, 0.6) is 11.5 Å². The number of benzene rings is 2. The van der Waals surface area contributed by atoms with Gasteiger partial charge in [-0.05, 0) is 35.4 Å². The van der Waals surface area contributed by atoms with Gasteiger partial charge in [0.25, 0.3) is 0 Å². The zero-order valence-electron chi connectivity index (χ0n) is 11.0. The number of halogens is 2. The first kappa shape index (κ1) is 14.3. The van der Waals surface area contributed by atoms with Crippen molar-refractivity contribution in [2.24, 2.45) is 5.73 Å². The van der Waals surface area contributed by atoms with Gasteiger partial charge in [-0.3, -0.25) is 0 Å². The van der Waals surface area contributed by atoms with E-state index < -0.39 is 11.6 Å². The Labute approximate surface area is 115 Å². The van der Waals surface area contributed by atoms with E-state index >= 15 is 0 Å². The molecule has 0 unspecified atom stereocenters. The summed E-state index contributed by atoms with van der Waals surface area (Å²) < 4.78 is 36.8. The van der Waals surface area contributed by atoms with Gasteiger partial charge >= 0.3 is 0 Å². The number of nitrogens with two attached hydrogens (primary N) is 1. The third-order valence-electron chi connectivity index (χ3n) is 2.74. The van der Waals surface area contributed by atoms with Gasteiger partial charge in [0.1, 0.15) is 29.7 Å². The quantitative estimate of drug-likeness (QED) is 0.915. The van der Waals surface area contributed by atoms with E-state index in [1.807, 2.05) is 0 Å². The van der Waals surface area contributed by atoms with Crippen LogP contribution in [-0.4, -0.2) is 7.11 Å². The molecule has 2 N–H and O–H groups in total. The van der Waals surface area contributed by atoms with E-state index in [1.54, 1.807) is 25.3 Å². The third-order valence-corrected chi connectivity index (χ3v) is 2.74. The maximum atomic E-state index is 13.1. The second-order valence-electron chi connectivity index (χ2n) is 4.29. The van der Waals surface area contributed by atoms with Crippen LogP contribution in [-0.2, 0) is 13.2 Å². The molecule has 0 aliphatic rings. The zero-order valence-corrected chi connectivity index (χ0v) is 11.0. The summed E-state index contributed by atoms with van der Waals surface area (Å²) in [5, 5.41) is 0. The second-order valence-corrected chi connectivity index (χ2v) is 4.29. The van der Waals surface area contributed by atoms with Gasteiger partial charge in [0, 0.05) is 18.7 Å². The first-order valence-electron chi connectivity index (χ1n) is 6.06. The van der Waals surface area contributed by atoms with Crippen molar-refractivity contribution < 1.29 is 18.3 Å². The van der Waals surface area contributed by atoms with Crippen LogP contribution in [0.4, 0.5) is 8.78 Å². The molecule has 0 aromatic heterocycles. The minimum atomic E-state index is -0.628. The first-order valence-corrected chi connectivity index (χ1v) is 6.06. The maximum absolute atomic E-state index is 13.1. The molecular weight excluding hydrogens is 264 g/mol. The minimum Gasteiger partial charge on any atom is -0.497 e. The molecule has 2 aromatic rings. The van der Waals surface area contributed by atoms with Crippen LogP contribution in [0.3, 0.4) is 0 Å². The molecule has 0 amide bonds. The van der Waals surface area contributed by atoms with Gasteiger partial charge in [-0.25, -0.2) is 8.78 Å². The molecule has 0 saturated carbocycles. The minimum absolute atomic E-state index is 0.0614. The summed E-state index contributed by atoms with van der Waals surface area (Å²) in [5.41, 5.74) is 6.85. The molecule has 2 aromatic carbocycles. The fourth-order valence-electron chi connectivity index (χ4n) is 1.81. The summed E-state index contributed by atoms with van der Waals surface area (Å²) in [6.07, 6.45) is 0. The Morgan fingerprint density at radius 2 is 1.55 bits per heavy atom. The van der Waals surface area contributed by atoms with Gasteiger partial charge in [0.05, 0.1) is 7.11 Å². The molecule has 5 heteroatoms. The van der Waals surface area contributed by atoms with Crippen molar-refractivity contribution in [1.82, 2.24) is 0 Å². The van der Waals surface area contributed by atoms with Crippen LogP contribution in [0.15, 0.2) is 36.4 Å². The van der Waals surface area contributed by atoms with E-state index in [4.69, 9.17) is 15.2 Å². The molecule has 0 fully saturated rings. The number of ether oxygens (including phenoxy) is 2. The predicted molar refractivity (Wildman–Crippen MR) is 71.6 cm³/mol. The van der Waals surface area contributed by atoms with Crippen molar-refractivity contribution in [3.63, 3.8) is 0 Å². The lowest BCUT2D eigenvalue weighted by Gasteiger charge is -2.10. The summed E-state index contributed by atoms with van der Waals surface area (Å²) in [6, 6.07) is 8.53. The SMILES string of the molecule is COc1cc(CN)cc(OCc2cc(F)cc(F)c2)c1. The Morgan fingerprint density at radius 1 is 0.900 bits per heavy atom. The summed E-state index contributed by atoms with van der Waals surface area (Å²) in [6.45, 7) is 0.411. The molecule has 0 aliphatic carbocycles. The standard InChI is InChI=1S/C15H15F2NO2/c1-19-14-4-10(8-18)5-15(7-14)20-9-11-2-12(16)6-13(17)3-11/h2-7H,8-9,18H2,1H3. The molecule has 0 atom stereocenters. The zero-order chi connectivity index (χ0) is 14.5. The Kier molecular flexibility index (Phi) is 4.53. The van der Waals surface area contributed by atoms with E-state index in [9.17, 15) is 8.78 Å². The number of hydrogen-bond acceptors (Lipinski definition) is 3. The summed E-state index contributed by atoms with van der Waals surface area (Å²) in [7, 11) is 1.54. The molecular formula is C15H15F2NO2. The van der Waals surface area contributed by atoms with Gasteiger partial charge in [-0.1, -0.05) is 0 Å². The molecule has 2 rings (SSSR count). The monoisotopic (exact) mass is 279 g/mol. The van der Waals surface area contributed by atoms with Gasteiger partial charge in [0.15, 0.2) is 0 Å². The number of hydrogen-bond donors (Lipinski definition) is 1. The van der Waals surface area contributed by atoms with Gasteiger partial charge in [-0.15, -0.1) is 0 Å². The Bertz CT molecular complexity index is 560. The third kappa shape index (κ3) is 3.68. The Balaban J connectivity index is 2.13. The van der Waals surface area contributed by atoms with Crippen molar-refractivity contribution in [3.05, 3.63) is 59.2 Å². The number of methoxy groups -OCH3 is 1. The fraction of sp³-hybridized carbons (Fsp3) is 0.200. The molecule has 0 bridgehead atoms. The predicted octanol–water partition coefficient (Wildman–Crippen LogP) is 3.01. The lowest BCUT2D eigenvalue weighted by atomic mass is 10.2. The molecule has 0 saturated heterocycles. The molecule has 0 radical (unpaired) electrons. The van der Waals surface area contributed by atoms with Gasteiger partial charge < -0.3 is 15.2 Å². The molecule has 20 heavy (non-hydrogen) atoms. The highest BCUT2D eigenvalue weighted by molar-refractivity contribution is 5.38. The Hall–Kier alpha value is -2.14. The lowest BCUT2D eigenvalue weighted by molar-refractivity contribution is 0.302. The normalized spacial score (nSPS) is 10.4. The molecule has 0 heterocycles. The van der Waals surface area contributed by atoms with E-state index in [0.717, 1.165) is 11.6 Å². The summed E-state index contributed by atoms with van der Waals surface area (Å²) >= 11 is 0. The van der Waals surface area contributed by atoms with E-state index in [1.165, 1.54) is 12.1 Å². The molecule has 0 aliphatic heterocycles. The Morgan fingerprint density at radius 3 is 2.15 bits per heavy atom. The fourth-order valence-corrected chi connectivity index (χ4v) is 1.81. The second kappa shape index (κ2) is 6.34. The van der Waals surface area contributed by atoms with Crippen LogP contribution >= 0.6 is 0 Å². The van der Waals surface area contributed by atoms with Crippen molar-refractivity contribution in [3.8, 4) is 11.5 Å². The van der Waals surface area contributed by atoms with Crippen LogP contribution in [0, 0.1) is 11.6 Å². The van der Waals surface area contributed by atoms with Crippen LogP contribution in [0.25, 0.3) is 0 Å². The van der Waals surface area contributed by atoms with Crippen molar-refractivity contribution in [2.45, 2.75) is 13.2 Å². The largest absolute Gasteiger partial charge is 0.497 e. The smallest absolute Gasteiger partial charge is 0.126 e. The summed E-state index contributed by atoms with van der Waals surface area (Å²) in [4.78, 5) is 0. The van der Waals surface area contributed by atoms with E-state index in [2.05, 4.69) is 0 Å².